The molecule has 0 saturated carbocycles. The molecular formula is C20H42N5O4P. The summed E-state index contributed by atoms with van der Waals surface area (Å²) in [5, 5.41) is 2.74. The van der Waals surface area contributed by atoms with Crippen LogP contribution in [0.15, 0.2) is 11.8 Å². The molecule has 0 aliphatic carbocycles. The third-order valence-electron chi connectivity index (χ3n) is 5.22. The highest BCUT2D eigenvalue weighted by Gasteiger charge is 2.38. The van der Waals surface area contributed by atoms with E-state index in [2.05, 4.69) is 24.1 Å². The predicted octanol–water partition coefficient (Wildman–Crippen LogP) is 2.84. The fraction of sp³-hybridized carbons (Fsp3) is 0.850. The Morgan fingerprint density at radius 3 is 2.40 bits per heavy atom. The highest BCUT2D eigenvalue weighted by molar-refractivity contribution is 7.57. The number of nitrogens with one attached hydrogen (secondary N) is 1. The number of carbonyl (C=O) groups excluding carboxylic acids is 1. The standard InChI is InChI=1S/C18H36N5O4P.C2H6/c1-12(2)22-9-15(11-26-28(25,13(3)4)21(6)7)27-16(10-22)23-8-14(5)17(19)20-18(23)24;1-2/h8,12-13,15-17H,9-11,19H2,1-7H3,(H,20,24);1-2H3/t15-,16+,17?,28?;/m0./s1. The zero-order valence-electron chi connectivity index (χ0n) is 20.1. The van der Waals surface area contributed by atoms with Crippen LogP contribution < -0.4 is 11.1 Å². The molecule has 3 N–H and O–H groups in total. The van der Waals surface area contributed by atoms with Gasteiger partial charge in [-0.1, -0.05) is 27.7 Å². The Hall–Kier alpha value is -0.960. The van der Waals surface area contributed by atoms with Crippen LogP contribution in [0.4, 0.5) is 4.79 Å². The van der Waals surface area contributed by atoms with Gasteiger partial charge in [0, 0.05) is 31.0 Å². The van der Waals surface area contributed by atoms with Crippen molar-refractivity contribution in [1.82, 2.24) is 19.8 Å². The van der Waals surface area contributed by atoms with Crippen molar-refractivity contribution < 1.29 is 18.6 Å². The monoisotopic (exact) mass is 447 g/mol. The number of rotatable bonds is 7. The first kappa shape index (κ1) is 27.1. The van der Waals surface area contributed by atoms with Gasteiger partial charge in [0.2, 0.25) is 0 Å². The number of hydrogen-bond donors (Lipinski definition) is 2. The van der Waals surface area contributed by atoms with E-state index >= 15 is 0 Å². The van der Waals surface area contributed by atoms with Crippen LogP contribution in [0.1, 0.15) is 48.5 Å². The molecule has 30 heavy (non-hydrogen) atoms. The highest BCUT2D eigenvalue weighted by Crippen LogP contribution is 2.53. The fourth-order valence-corrected chi connectivity index (χ4v) is 5.15. The normalized spacial score (nSPS) is 27.5. The lowest BCUT2D eigenvalue weighted by Crippen LogP contribution is -2.61. The number of nitrogens with two attached hydrogens (primary N) is 1. The van der Waals surface area contributed by atoms with Gasteiger partial charge in [-0.15, -0.1) is 0 Å². The molecule has 9 nitrogen and oxygen atoms in total. The summed E-state index contributed by atoms with van der Waals surface area (Å²) in [6, 6.07) is -0.00523. The lowest BCUT2D eigenvalue weighted by atomic mass is 10.2. The average Bonchev–Trinajstić information content (AvgIpc) is 2.69. The van der Waals surface area contributed by atoms with Gasteiger partial charge >= 0.3 is 6.03 Å². The molecule has 0 aromatic rings. The van der Waals surface area contributed by atoms with Gasteiger partial charge in [-0.3, -0.25) is 14.4 Å². The molecule has 0 aromatic heterocycles. The summed E-state index contributed by atoms with van der Waals surface area (Å²) in [5.74, 6) is 0. The van der Waals surface area contributed by atoms with Crippen molar-refractivity contribution in [3.8, 4) is 0 Å². The first-order valence-corrected chi connectivity index (χ1v) is 12.4. The van der Waals surface area contributed by atoms with E-state index < -0.39 is 19.9 Å². The van der Waals surface area contributed by atoms with Crippen LogP contribution in [0, 0.1) is 0 Å². The number of morpholine rings is 1. The molecule has 2 unspecified atom stereocenters. The van der Waals surface area contributed by atoms with Gasteiger partial charge in [0.1, 0.15) is 6.17 Å². The Morgan fingerprint density at radius 1 is 1.30 bits per heavy atom. The third-order valence-corrected chi connectivity index (χ3v) is 8.16. The number of urea groups is 1. The van der Waals surface area contributed by atoms with Crippen LogP contribution in [0.25, 0.3) is 0 Å². The van der Waals surface area contributed by atoms with E-state index in [4.69, 9.17) is 15.0 Å². The molecule has 0 aromatic carbocycles. The van der Waals surface area contributed by atoms with Crippen molar-refractivity contribution in [2.75, 3.05) is 33.8 Å². The van der Waals surface area contributed by atoms with E-state index in [9.17, 15) is 9.36 Å². The van der Waals surface area contributed by atoms with Gasteiger partial charge in [-0.25, -0.2) is 9.46 Å². The van der Waals surface area contributed by atoms with Gasteiger partial charge in [0.05, 0.1) is 12.7 Å². The Balaban J connectivity index is 0.00000218. The van der Waals surface area contributed by atoms with Crippen LogP contribution in [0.3, 0.4) is 0 Å². The molecule has 176 valence electrons. The van der Waals surface area contributed by atoms with E-state index in [-0.39, 0.29) is 30.4 Å². The van der Waals surface area contributed by atoms with Gasteiger partial charge in [0.25, 0.3) is 7.52 Å². The molecule has 1 fully saturated rings. The van der Waals surface area contributed by atoms with Crippen molar-refractivity contribution in [3.63, 3.8) is 0 Å². The minimum absolute atomic E-state index is 0.122. The van der Waals surface area contributed by atoms with E-state index in [1.807, 2.05) is 34.6 Å². The molecule has 2 rings (SSSR count). The first-order valence-electron chi connectivity index (χ1n) is 10.8. The molecule has 2 amide bonds. The maximum Gasteiger partial charge on any atom is 0.325 e. The molecule has 1 saturated heterocycles. The van der Waals surface area contributed by atoms with Crippen LogP contribution in [0.2, 0.25) is 0 Å². The molecular weight excluding hydrogens is 405 g/mol. The quantitative estimate of drug-likeness (QED) is 0.579. The van der Waals surface area contributed by atoms with Gasteiger partial charge in [-0.05, 0) is 40.4 Å². The molecule has 4 atom stereocenters. The molecule has 2 heterocycles. The van der Waals surface area contributed by atoms with Crippen LogP contribution >= 0.6 is 7.52 Å². The summed E-state index contributed by atoms with van der Waals surface area (Å²) in [7, 11) is 0.587. The van der Waals surface area contributed by atoms with E-state index in [0.717, 1.165) is 5.57 Å². The summed E-state index contributed by atoms with van der Waals surface area (Å²) in [6.45, 7) is 15.3. The lowest BCUT2D eigenvalue weighted by molar-refractivity contribution is -0.144. The number of carbonyl (C=O) groups is 1. The zero-order valence-corrected chi connectivity index (χ0v) is 21.0. The van der Waals surface area contributed by atoms with Crippen molar-refractivity contribution in [2.45, 2.75) is 78.7 Å². The first-order chi connectivity index (χ1) is 14.0. The second-order valence-electron chi connectivity index (χ2n) is 8.27. The summed E-state index contributed by atoms with van der Waals surface area (Å²) in [6.07, 6.45) is 0.495. The minimum atomic E-state index is -2.94. The van der Waals surface area contributed by atoms with Crippen molar-refractivity contribution in [2.24, 2.45) is 5.73 Å². The van der Waals surface area contributed by atoms with Crippen molar-refractivity contribution in [3.05, 3.63) is 11.8 Å². The number of hydrogen-bond acceptors (Lipinski definition) is 6. The SMILES string of the molecule is CC.CC1=CN([C@H]2CN(C(C)C)C[C@@H](COP(=O)(C(C)C)N(C)C)O2)C(=O)NC1N. The number of amides is 2. The summed E-state index contributed by atoms with van der Waals surface area (Å²) in [4.78, 5) is 16.2. The summed E-state index contributed by atoms with van der Waals surface area (Å²) < 4.78 is 26.9. The Kier molecular flexibility index (Phi) is 10.5. The smallest absolute Gasteiger partial charge is 0.325 e. The number of ether oxygens (including phenoxy) is 1. The predicted molar refractivity (Wildman–Crippen MR) is 121 cm³/mol. The van der Waals surface area contributed by atoms with E-state index in [1.54, 1.807) is 29.9 Å². The Morgan fingerprint density at radius 2 is 1.90 bits per heavy atom. The Labute approximate surface area is 182 Å². The summed E-state index contributed by atoms with van der Waals surface area (Å²) in [5.41, 5.74) is 6.62. The third kappa shape index (κ3) is 6.52. The molecule has 10 heteroatoms. The number of nitrogens with zero attached hydrogens (tertiary/aromatic N) is 3. The maximum atomic E-state index is 13.1. The van der Waals surface area contributed by atoms with Gasteiger partial charge < -0.3 is 20.3 Å². The van der Waals surface area contributed by atoms with Gasteiger partial charge in [0.15, 0.2) is 6.23 Å². The second-order valence-corrected chi connectivity index (χ2v) is 11.5. The second kappa shape index (κ2) is 11.6. The molecule has 0 spiro atoms. The lowest BCUT2D eigenvalue weighted by Gasteiger charge is -2.44. The molecule has 0 bridgehead atoms. The summed E-state index contributed by atoms with van der Waals surface area (Å²) >= 11 is 0. The van der Waals surface area contributed by atoms with Crippen LogP contribution in [0.5, 0.6) is 0 Å². The Bertz CT molecular complexity index is 629. The van der Waals surface area contributed by atoms with Crippen LogP contribution in [-0.2, 0) is 13.8 Å². The molecule has 0 radical (unpaired) electrons. The van der Waals surface area contributed by atoms with Gasteiger partial charge in [-0.2, -0.15) is 0 Å². The van der Waals surface area contributed by atoms with E-state index in [1.165, 1.54) is 0 Å². The molecule has 2 aliphatic heterocycles. The molecule has 2 aliphatic rings. The van der Waals surface area contributed by atoms with Crippen molar-refractivity contribution >= 4 is 13.6 Å². The zero-order chi connectivity index (χ0) is 23.2. The topological polar surface area (TPSA) is 100 Å². The minimum Gasteiger partial charge on any atom is -0.350 e. The van der Waals surface area contributed by atoms with Crippen LogP contribution in [-0.4, -0.2) is 84.5 Å². The van der Waals surface area contributed by atoms with E-state index in [0.29, 0.717) is 13.1 Å². The fourth-order valence-electron chi connectivity index (χ4n) is 3.32. The highest BCUT2D eigenvalue weighted by atomic mass is 31.2. The van der Waals surface area contributed by atoms with Crippen molar-refractivity contribution in [1.29, 1.82) is 0 Å². The maximum absolute atomic E-state index is 13.1. The largest absolute Gasteiger partial charge is 0.350 e. The average molecular weight is 448 g/mol.